The Kier molecular flexibility index (Phi) is 11.3. The summed E-state index contributed by atoms with van der Waals surface area (Å²) in [5.41, 5.74) is 0.719. The van der Waals surface area contributed by atoms with Crippen LogP contribution >= 0.6 is 0 Å². The van der Waals surface area contributed by atoms with Crippen molar-refractivity contribution in [1.82, 2.24) is 21.3 Å². The lowest BCUT2D eigenvalue weighted by Gasteiger charge is -2.28. The average Bonchev–Trinajstić information content (AvgIpc) is 3.64. The highest BCUT2D eigenvalue weighted by Crippen LogP contribution is 2.23. The third-order valence-electron chi connectivity index (χ3n) is 6.13. The molecule has 0 heterocycles. The molecule has 1 aromatic rings. The van der Waals surface area contributed by atoms with E-state index in [1.165, 1.54) is 0 Å². The lowest BCUT2D eigenvalue weighted by atomic mass is 9.87. The van der Waals surface area contributed by atoms with Crippen LogP contribution in [-0.4, -0.2) is 54.1 Å². The van der Waals surface area contributed by atoms with Gasteiger partial charge in [0, 0.05) is 25.4 Å². The molecule has 0 radical (unpaired) electrons. The summed E-state index contributed by atoms with van der Waals surface area (Å²) in [6, 6.07) is 7.56. The zero-order valence-corrected chi connectivity index (χ0v) is 22.7. The van der Waals surface area contributed by atoms with Crippen LogP contribution in [0.4, 0.5) is 0 Å². The molecule has 3 atom stereocenters. The summed E-state index contributed by atoms with van der Waals surface area (Å²) in [5, 5.41) is 10.8. The third kappa shape index (κ3) is 11.1. The second kappa shape index (κ2) is 13.9. The molecule has 0 aromatic heterocycles. The number of Topliss-reactive ketones (excluding diaryl/α,β-unsaturated/α-hetero) is 1. The first-order valence-corrected chi connectivity index (χ1v) is 13.2. The number of carbonyl (C=O) groups excluding carboxylic acids is 5. The van der Waals surface area contributed by atoms with Gasteiger partial charge in [0.15, 0.2) is 0 Å². The van der Waals surface area contributed by atoms with Crippen LogP contribution in [0.25, 0.3) is 0 Å². The Bertz CT molecular complexity index is 953. The Balaban J connectivity index is 2.11. The quantitative estimate of drug-likeness (QED) is 0.283. The van der Waals surface area contributed by atoms with Crippen LogP contribution in [0.3, 0.4) is 0 Å². The van der Waals surface area contributed by atoms with Crippen molar-refractivity contribution in [3.63, 3.8) is 0 Å². The maximum atomic E-state index is 13.3. The minimum atomic E-state index is -1.17. The van der Waals surface area contributed by atoms with Gasteiger partial charge < -0.3 is 21.3 Å². The van der Waals surface area contributed by atoms with Gasteiger partial charge in [-0.1, -0.05) is 58.0 Å². The minimum absolute atomic E-state index is 0.0178. The second-order valence-electron chi connectivity index (χ2n) is 11.1. The summed E-state index contributed by atoms with van der Waals surface area (Å²) in [5.74, 6) is -2.70. The van der Waals surface area contributed by atoms with E-state index in [1.54, 1.807) is 6.92 Å². The Morgan fingerprint density at radius 1 is 0.946 bits per heavy atom. The fraction of sp³-hybridized carbons (Fsp3) is 0.607. The number of nitrogens with one attached hydrogen (secondary N) is 4. The molecule has 1 saturated carbocycles. The first-order valence-electron chi connectivity index (χ1n) is 13.2. The SMILES string of the molecule is CCNC(=O)CCC(NC(=O)C(CC(C)(C)C)NC(=O)CC(C)c1ccccc1)C(=O)C(=O)NC1CC1. The van der Waals surface area contributed by atoms with E-state index in [9.17, 15) is 24.0 Å². The Morgan fingerprint density at radius 2 is 1.59 bits per heavy atom. The van der Waals surface area contributed by atoms with Gasteiger partial charge in [-0.05, 0) is 49.5 Å². The van der Waals surface area contributed by atoms with E-state index in [-0.39, 0.29) is 48.5 Å². The smallest absolute Gasteiger partial charge is 0.289 e. The van der Waals surface area contributed by atoms with Crippen LogP contribution in [0.5, 0.6) is 0 Å². The van der Waals surface area contributed by atoms with Gasteiger partial charge in [-0.2, -0.15) is 0 Å². The Labute approximate surface area is 219 Å². The summed E-state index contributed by atoms with van der Waals surface area (Å²) in [6.07, 6.45) is 2.12. The molecule has 3 unspecified atom stereocenters. The van der Waals surface area contributed by atoms with Crippen LogP contribution < -0.4 is 21.3 Å². The Morgan fingerprint density at radius 3 is 2.16 bits per heavy atom. The highest BCUT2D eigenvalue weighted by molar-refractivity contribution is 6.38. The van der Waals surface area contributed by atoms with Gasteiger partial charge in [0.1, 0.15) is 6.04 Å². The molecule has 9 nitrogen and oxygen atoms in total. The van der Waals surface area contributed by atoms with E-state index in [0.29, 0.717) is 13.0 Å². The summed E-state index contributed by atoms with van der Waals surface area (Å²) in [6.45, 7) is 10.0. The molecule has 9 heteroatoms. The maximum Gasteiger partial charge on any atom is 0.289 e. The van der Waals surface area contributed by atoms with Crippen LogP contribution in [0.1, 0.15) is 84.6 Å². The fourth-order valence-corrected chi connectivity index (χ4v) is 4.00. The molecule has 0 saturated heterocycles. The van der Waals surface area contributed by atoms with Gasteiger partial charge in [-0.25, -0.2) is 0 Å². The molecule has 204 valence electrons. The molecule has 1 fully saturated rings. The number of hydrogen-bond acceptors (Lipinski definition) is 5. The summed E-state index contributed by atoms with van der Waals surface area (Å²) >= 11 is 0. The van der Waals surface area contributed by atoms with E-state index in [0.717, 1.165) is 18.4 Å². The number of carbonyl (C=O) groups is 5. The highest BCUT2D eigenvalue weighted by Gasteiger charge is 2.34. The number of amides is 4. The Hall–Kier alpha value is -3.23. The molecule has 0 spiro atoms. The van der Waals surface area contributed by atoms with Crippen LogP contribution in [0.15, 0.2) is 30.3 Å². The molecule has 1 aliphatic carbocycles. The van der Waals surface area contributed by atoms with Crippen molar-refractivity contribution in [1.29, 1.82) is 0 Å². The first kappa shape index (κ1) is 30.0. The molecule has 4 N–H and O–H groups in total. The zero-order valence-electron chi connectivity index (χ0n) is 22.7. The third-order valence-corrected chi connectivity index (χ3v) is 6.13. The van der Waals surface area contributed by atoms with Crippen molar-refractivity contribution in [2.45, 2.75) is 97.2 Å². The fourth-order valence-electron chi connectivity index (χ4n) is 4.00. The number of benzene rings is 1. The summed E-state index contributed by atoms with van der Waals surface area (Å²) in [4.78, 5) is 63.6. The monoisotopic (exact) mass is 514 g/mol. The molecule has 1 aliphatic rings. The lowest BCUT2D eigenvalue weighted by molar-refractivity contribution is -0.141. The predicted molar refractivity (Wildman–Crippen MR) is 141 cm³/mol. The molecular weight excluding hydrogens is 472 g/mol. The van der Waals surface area contributed by atoms with Crippen molar-refractivity contribution in [2.75, 3.05) is 6.54 Å². The van der Waals surface area contributed by atoms with E-state index >= 15 is 0 Å². The van der Waals surface area contributed by atoms with Crippen LogP contribution in [0, 0.1) is 5.41 Å². The molecule has 37 heavy (non-hydrogen) atoms. The molecule has 0 aliphatic heterocycles. The van der Waals surface area contributed by atoms with Crippen molar-refractivity contribution in [3.8, 4) is 0 Å². The minimum Gasteiger partial charge on any atom is -0.356 e. The van der Waals surface area contributed by atoms with Gasteiger partial charge in [0.2, 0.25) is 23.5 Å². The van der Waals surface area contributed by atoms with Crippen molar-refractivity contribution in [2.24, 2.45) is 5.41 Å². The predicted octanol–water partition coefficient (Wildman–Crippen LogP) is 2.35. The van der Waals surface area contributed by atoms with Gasteiger partial charge in [0.05, 0.1) is 6.04 Å². The van der Waals surface area contributed by atoms with Crippen LogP contribution in [-0.2, 0) is 24.0 Å². The van der Waals surface area contributed by atoms with E-state index in [1.807, 2.05) is 58.0 Å². The largest absolute Gasteiger partial charge is 0.356 e. The van der Waals surface area contributed by atoms with Gasteiger partial charge in [0.25, 0.3) is 5.91 Å². The maximum absolute atomic E-state index is 13.3. The lowest BCUT2D eigenvalue weighted by Crippen LogP contribution is -2.55. The van der Waals surface area contributed by atoms with Crippen LogP contribution in [0.2, 0.25) is 0 Å². The van der Waals surface area contributed by atoms with E-state index in [4.69, 9.17) is 0 Å². The molecule has 4 amide bonds. The number of ketones is 1. The van der Waals surface area contributed by atoms with Gasteiger partial charge in [-0.3, -0.25) is 24.0 Å². The summed E-state index contributed by atoms with van der Waals surface area (Å²) < 4.78 is 0. The molecule has 2 rings (SSSR count). The van der Waals surface area contributed by atoms with Crippen molar-refractivity contribution in [3.05, 3.63) is 35.9 Å². The van der Waals surface area contributed by atoms with E-state index < -0.39 is 29.7 Å². The summed E-state index contributed by atoms with van der Waals surface area (Å²) in [7, 11) is 0. The van der Waals surface area contributed by atoms with Gasteiger partial charge >= 0.3 is 0 Å². The molecule has 0 bridgehead atoms. The van der Waals surface area contributed by atoms with E-state index in [2.05, 4.69) is 21.3 Å². The first-order chi connectivity index (χ1) is 17.4. The van der Waals surface area contributed by atoms with Crippen molar-refractivity contribution < 1.29 is 24.0 Å². The number of hydrogen-bond donors (Lipinski definition) is 4. The second-order valence-corrected chi connectivity index (χ2v) is 11.1. The number of rotatable bonds is 14. The standard InChI is InChI=1S/C28H42N4O5/c1-6-29-23(33)15-14-21(25(35)27(37)30-20-12-13-20)32-26(36)22(17-28(3,4)5)31-24(34)16-18(2)19-10-8-7-9-11-19/h7-11,18,20-22H,6,12-17H2,1-5H3,(H,29,33)(H,30,37)(H,31,34)(H,32,36). The average molecular weight is 515 g/mol. The topological polar surface area (TPSA) is 133 Å². The highest BCUT2D eigenvalue weighted by atomic mass is 16.2. The molecular formula is C28H42N4O5. The molecule has 1 aromatic carbocycles. The normalized spacial score (nSPS) is 15.6. The van der Waals surface area contributed by atoms with Crippen molar-refractivity contribution >= 4 is 29.4 Å². The van der Waals surface area contributed by atoms with Gasteiger partial charge in [-0.15, -0.1) is 0 Å². The zero-order chi connectivity index (χ0) is 27.6.